The lowest BCUT2D eigenvalue weighted by Crippen LogP contribution is -1.84. The van der Waals surface area contributed by atoms with Crippen molar-refractivity contribution in [2.75, 3.05) is 0 Å². The summed E-state index contributed by atoms with van der Waals surface area (Å²) in [7, 11) is 0. The van der Waals surface area contributed by atoms with E-state index < -0.39 is 0 Å². The van der Waals surface area contributed by atoms with E-state index in [1.165, 1.54) is 66.8 Å². The fourth-order valence-corrected chi connectivity index (χ4v) is 5.13. The Morgan fingerprint density at radius 1 is 0.600 bits per heavy atom. The molecule has 0 aromatic heterocycles. The lowest BCUT2D eigenvalue weighted by atomic mass is 9.99. The monoisotopic (exact) mass is 459 g/mol. The Bertz CT molecular complexity index is 1340. The molecular formula is C35H39+. The summed E-state index contributed by atoms with van der Waals surface area (Å²) in [4.78, 5) is 0. The van der Waals surface area contributed by atoms with Crippen LogP contribution in [0.5, 0.6) is 0 Å². The van der Waals surface area contributed by atoms with Crippen molar-refractivity contribution in [3.05, 3.63) is 118 Å². The van der Waals surface area contributed by atoms with Gasteiger partial charge in [-0.1, -0.05) is 58.0 Å². The number of hydrogen-bond donors (Lipinski definition) is 0. The Labute approximate surface area is 213 Å². The van der Waals surface area contributed by atoms with Crippen molar-refractivity contribution in [1.29, 1.82) is 0 Å². The van der Waals surface area contributed by atoms with Crippen LogP contribution in [0, 0.1) is 34.1 Å². The van der Waals surface area contributed by atoms with Crippen LogP contribution in [0.1, 0.15) is 84.0 Å². The van der Waals surface area contributed by atoms with Crippen molar-refractivity contribution in [1.82, 2.24) is 0 Å². The Kier molecular flexibility index (Phi) is 7.22. The number of hydrogen-bond acceptors (Lipinski definition) is 0. The molecule has 0 nitrogen and oxygen atoms in total. The van der Waals surface area contributed by atoms with Gasteiger partial charge in [0, 0.05) is 35.8 Å². The van der Waals surface area contributed by atoms with Gasteiger partial charge in [-0.05, 0) is 108 Å². The van der Waals surface area contributed by atoms with Gasteiger partial charge in [-0.3, -0.25) is 0 Å². The van der Waals surface area contributed by atoms with E-state index in [2.05, 4.69) is 135 Å². The van der Waals surface area contributed by atoms with Gasteiger partial charge in [0.25, 0.3) is 0 Å². The van der Waals surface area contributed by atoms with Crippen LogP contribution < -0.4 is 0 Å². The van der Waals surface area contributed by atoms with Gasteiger partial charge in [0.15, 0.2) is 0 Å². The molecule has 4 aliphatic rings. The van der Waals surface area contributed by atoms with Gasteiger partial charge in [0.05, 0.1) is 5.56 Å². The molecule has 0 unspecified atom stereocenters. The minimum atomic E-state index is 0.524. The van der Waals surface area contributed by atoms with Crippen molar-refractivity contribution < 1.29 is 0 Å². The summed E-state index contributed by atoms with van der Waals surface area (Å²) in [5.41, 5.74) is 16.2. The molecule has 0 aromatic carbocycles. The predicted molar refractivity (Wildman–Crippen MR) is 155 cm³/mol. The quantitative estimate of drug-likeness (QED) is 0.199. The van der Waals surface area contributed by atoms with Crippen molar-refractivity contribution in [2.45, 2.75) is 67.2 Å². The molecule has 0 radical (unpaired) electrons. The number of aryl methyl sites for hydroxylation is 4. The molecule has 0 atom stereocenters. The zero-order valence-corrected chi connectivity index (χ0v) is 22.7. The minimum absolute atomic E-state index is 0.524. The average Bonchev–Trinajstić information content (AvgIpc) is 3.11. The number of fused-ring (bicyclic) bond motifs is 2. The number of rotatable bonds is 6. The first-order chi connectivity index (χ1) is 16.7. The zero-order chi connectivity index (χ0) is 25.3. The van der Waals surface area contributed by atoms with E-state index in [1.807, 2.05) is 0 Å². The zero-order valence-electron chi connectivity index (χ0n) is 22.7. The lowest BCUT2D eigenvalue weighted by Gasteiger charge is -2.04. The van der Waals surface area contributed by atoms with E-state index in [1.54, 1.807) is 0 Å². The van der Waals surface area contributed by atoms with E-state index in [9.17, 15) is 0 Å². The molecule has 0 N–H and O–H groups in total. The van der Waals surface area contributed by atoms with Gasteiger partial charge in [0.2, 0.25) is 0 Å². The van der Waals surface area contributed by atoms with Gasteiger partial charge in [0.1, 0.15) is 5.56 Å². The van der Waals surface area contributed by atoms with E-state index in [4.69, 9.17) is 0 Å². The van der Waals surface area contributed by atoms with E-state index >= 15 is 0 Å². The highest BCUT2D eigenvalue weighted by molar-refractivity contribution is 5.84. The lowest BCUT2D eigenvalue weighted by molar-refractivity contribution is 0.868. The van der Waals surface area contributed by atoms with Crippen molar-refractivity contribution in [3.63, 3.8) is 0 Å². The molecule has 4 aliphatic carbocycles. The maximum absolute atomic E-state index is 2.37. The maximum atomic E-state index is 2.37. The fraction of sp³-hybridized carbons (Fsp3) is 0.286. The maximum Gasteiger partial charge on any atom is 0.104 e. The van der Waals surface area contributed by atoms with E-state index in [0.29, 0.717) is 11.8 Å². The highest BCUT2D eigenvalue weighted by atomic mass is 14.2. The Balaban J connectivity index is 1.57. The molecule has 0 spiro atoms. The van der Waals surface area contributed by atoms with Crippen LogP contribution >= 0.6 is 0 Å². The van der Waals surface area contributed by atoms with Crippen LogP contribution in [-0.2, 0) is 0 Å². The summed E-state index contributed by atoms with van der Waals surface area (Å²) >= 11 is 0. The summed E-state index contributed by atoms with van der Waals surface area (Å²) in [6, 6.07) is 18.5. The molecular weight excluding hydrogens is 420 g/mol. The molecule has 35 heavy (non-hydrogen) atoms. The molecule has 178 valence electrons. The van der Waals surface area contributed by atoms with Crippen LogP contribution in [0.15, 0.2) is 66.8 Å². The van der Waals surface area contributed by atoms with Crippen LogP contribution in [-0.4, -0.2) is 0 Å². The second kappa shape index (κ2) is 10.2. The first-order valence-electron chi connectivity index (χ1n) is 12.9. The number of allylic oxidation sites excluding steroid dienone is 3. The van der Waals surface area contributed by atoms with Crippen molar-refractivity contribution >= 4 is 6.08 Å². The summed E-state index contributed by atoms with van der Waals surface area (Å²) in [6.07, 6.45) is 11.0. The smallest absolute Gasteiger partial charge is 0.0587 e. The highest BCUT2D eigenvalue weighted by Crippen LogP contribution is 2.38. The molecule has 0 aromatic rings. The topological polar surface area (TPSA) is 0 Å². The van der Waals surface area contributed by atoms with E-state index in [-0.39, 0.29) is 0 Å². The van der Waals surface area contributed by atoms with Crippen molar-refractivity contribution in [3.8, 4) is 22.3 Å². The Morgan fingerprint density at radius 3 is 1.74 bits per heavy atom. The molecule has 0 aliphatic heterocycles. The van der Waals surface area contributed by atoms with E-state index in [0.717, 1.165) is 0 Å². The summed E-state index contributed by atoms with van der Waals surface area (Å²) < 4.78 is 0. The largest absolute Gasteiger partial charge is 0.104 e. The molecule has 0 heterocycles. The molecule has 0 fully saturated rings. The Morgan fingerprint density at radius 2 is 1.14 bits per heavy atom. The van der Waals surface area contributed by atoms with Gasteiger partial charge in [-0.15, -0.1) is 0 Å². The van der Waals surface area contributed by atoms with Crippen LogP contribution in [0.4, 0.5) is 0 Å². The highest BCUT2D eigenvalue weighted by Gasteiger charge is 2.21. The minimum Gasteiger partial charge on any atom is -0.0587 e. The molecule has 0 heteroatoms. The standard InChI is InChI=1S/C35H39/c1-22(2)28-16-14-24(5)34-30(18-26(7)32(34)20-28)12-10-9-11-13-31-19-27(8)33-21-29(23(3)4)17-15-25(6)35(31)33/h9-23H,1-8H3/q+1. The second-order valence-corrected chi connectivity index (χ2v) is 10.7. The fourth-order valence-electron chi connectivity index (χ4n) is 5.13. The Hall–Kier alpha value is -3.25. The summed E-state index contributed by atoms with van der Waals surface area (Å²) in [5, 5.41) is 0. The first kappa shape index (κ1) is 24.9. The van der Waals surface area contributed by atoms with Gasteiger partial charge < -0.3 is 0 Å². The third-order valence-corrected chi connectivity index (χ3v) is 7.28. The third kappa shape index (κ3) is 5.08. The molecule has 0 amide bonds. The van der Waals surface area contributed by atoms with Crippen molar-refractivity contribution in [2.24, 2.45) is 0 Å². The summed E-state index contributed by atoms with van der Waals surface area (Å²) in [6.45, 7) is 18.0. The molecule has 4 rings (SSSR count). The SMILES string of the molecule is Cc1cc(C=CC=C[CH+]c2cc(C)c3cc(C(C)C)ccc(C)c2-3)c2c(C)ccc(C(C)C)cc1-2. The summed E-state index contributed by atoms with van der Waals surface area (Å²) in [5.74, 6) is 1.05. The second-order valence-electron chi connectivity index (χ2n) is 10.7. The van der Waals surface area contributed by atoms with Gasteiger partial charge in [-0.25, -0.2) is 0 Å². The third-order valence-electron chi connectivity index (χ3n) is 7.28. The normalized spacial score (nSPS) is 12.3. The molecule has 0 saturated heterocycles. The molecule has 0 saturated carbocycles. The van der Waals surface area contributed by atoms with Gasteiger partial charge in [-0.2, -0.15) is 0 Å². The first-order valence-corrected chi connectivity index (χ1v) is 12.9. The van der Waals surface area contributed by atoms with Crippen LogP contribution in [0.25, 0.3) is 28.3 Å². The van der Waals surface area contributed by atoms with Crippen LogP contribution in [0.2, 0.25) is 0 Å². The predicted octanol–water partition coefficient (Wildman–Crippen LogP) is 10.2. The van der Waals surface area contributed by atoms with Crippen LogP contribution in [0.3, 0.4) is 0 Å². The molecule has 0 bridgehead atoms. The average molecular weight is 460 g/mol. The van der Waals surface area contributed by atoms with Gasteiger partial charge >= 0.3 is 0 Å².